The predicted octanol–water partition coefficient (Wildman–Crippen LogP) is 2.34. The number of carbonyl (C=O) groups is 3. The summed E-state index contributed by atoms with van der Waals surface area (Å²) in [5, 5.41) is 10.7. The SMILES string of the molecule is COC(=O)c1ccc(N2C(=O)C=C(c3ccc([N+](=O)[O-])cc3)C2=O)cc1. The lowest BCUT2D eigenvalue weighted by atomic mass is 10.1. The average molecular weight is 352 g/mol. The number of carbonyl (C=O) groups excluding carboxylic acids is 3. The van der Waals surface area contributed by atoms with E-state index in [0.29, 0.717) is 16.8 Å². The van der Waals surface area contributed by atoms with Gasteiger partial charge in [0.2, 0.25) is 0 Å². The van der Waals surface area contributed by atoms with Crippen LogP contribution >= 0.6 is 0 Å². The second kappa shape index (κ2) is 6.60. The molecular weight excluding hydrogens is 340 g/mol. The van der Waals surface area contributed by atoms with Crippen molar-refractivity contribution in [1.29, 1.82) is 0 Å². The summed E-state index contributed by atoms with van der Waals surface area (Å²) in [6.07, 6.45) is 1.18. The van der Waals surface area contributed by atoms with Gasteiger partial charge in [-0.25, -0.2) is 9.69 Å². The van der Waals surface area contributed by atoms with Crippen LogP contribution in [0.4, 0.5) is 11.4 Å². The van der Waals surface area contributed by atoms with E-state index < -0.39 is 22.7 Å². The number of imide groups is 1. The van der Waals surface area contributed by atoms with Crippen LogP contribution in [-0.4, -0.2) is 29.8 Å². The van der Waals surface area contributed by atoms with Crippen molar-refractivity contribution >= 4 is 34.7 Å². The fraction of sp³-hybridized carbons (Fsp3) is 0.0556. The first-order valence-electron chi connectivity index (χ1n) is 7.45. The molecule has 0 N–H and O–H groups in total. The van der Waals surface area contributed by atoms with Gasteiger partial charge in [-0.3, -0.25) is 19.7 Å². The van der Waals surface area contributed by atoms with Gasteiger partial charge in [0.25, 0.3) is 17.5 Å². The van der Waals surface area contributed by atoms with Crippen LogP contribution in [0.5, 0.6) is 0 Å². The quantitative estimate of drug-likeness (QED) is 0.362. The largest absolute Gasteiger partial charge is 0.465 e. The van der Waals surface area contributed by atoms with Gasteiger partial charge >= 0.3 is 5.97 Å². The van der Waals surface area contributed by atoms with Gasteiger partial charge in [0.05, 0.1) is 28.9 Å². The number of ether oxygens (including phenoxy) is 1. The molecule has 2 aromatic rings. The number of rotatable bonds is 4. The third-order valence-corrected chi connectivity index (χ3v) is 3.86. The molecule has 0 radical (unpaired) electrons. The molecule has 1 aliphatic heterocycles. The third-order valence-electron chi connectivity index (χ3n) is 3.86. The Hall–Kier alpha value is -3.81. The van der Waals surface area contributed by atoms with E-state index in [4.69, 9.17) is 0 Å². The topological polar surface area (TPSA) is 107 Å². The van der Waals surface area contributed by atoms with Crippen molar-refractivity contribution in [1.82, 2.24) is 0 Å². The van der Waals surface area contributed by atoms with Gasteiger partial charge in [-0.2, -0.15) is 0 Å². The number of non-ortho nitro benzene ring substituents is 1. The Morgan fingerprint density at radius 3 is 2.19 bits per heavy atom. The third kappa shape index (κ3) is 2.95. The van der Waals surface area contributed by atoms with E-state index in [1.807, 2.05) is 0 Å². The zero-order chi connectivity index (χ0) is 18.8. The molecule has 0 atom stereocenters. The molecule has 1 heterocycles. The molecule has 3 rings (SSSR count). The summed E-state index contributed by atoms with van der Waals surface area (Å²) in [4.78, 5) is 47.5. The van der Waals surface area contributed by atoms with E-state index in [2.05, 4.69) is 4.74 Å². The minimum Gasteiger partial charge on any atom is -0.465 e. The lowest BCUT2D eigenvalue weighted by Gasteiger charge is -2.15. The summed E-state index contributed by atoms with van der Waals surface area (Å²) in [5.41, 5.74) is 1.03. The van der Waals surface area contributed by atoms with Gasteiger partial charge in [0.1, 0.15) is 0 Å². The number of nitro groups is 1. The number of hydrogen-bond acceptors (Lipinski definition) is 6. The molecular formula is C18H12N2O6. The van der Waals surface area contributed by atoms with Crippen LogP contribution in [0.15, 0.2) is 54.6 Å². The molecule has 0 aromatic heterocycles. The van der Waals surface area contributed by atoms with E-state index in [0.717, 1.165) is 4.90 Å². The summed E-state index contributed by atoms with van der Waals surface area (Å²) in [6, 6.07) is 11.2. The predicted molar refractivity (Wildman–Crippen MR) is 91.3 cm³/mol. The highest BCUT2D eigenvalue weighted by atomic mass is 16.6. The van der Waals surface area contributed by atoms with E-state index >= 15 is 0 Å². The number of anilines is 1. The second-order valence-corrected chi connectivity index (χ2v) is 5.38. The molecule has 0 fully saturated rings. The smallest absolute Gasteiger partial charge is 0.337 e. The molecule has 0 bridgehead atoms. The summed E-state index contributed by atoms with van der Waals surface area (Å²) < 4.78 is 4.60. The summed E-state index contributed by atoms with van der Waals surface area (Å²) in [6.45, 7) is 0. The van der Waals surface area contributed by atoms with Crippen LogP contribution in [0.25, 0.3) is 5.57 Å². The van der Waals surface area contributed by atoms with E-state index in [1.165, 1.54) is 61.7 Å². The molecule has 26 heavy (non-hydrogen) atoms. The van der Waals surface area contributed by atoms with Crippen LogP contribution in [0.1, 0.15) is 15.9 Å². The van der Waals surface area contributed by atoms with Crippen molar-refractivity contribution in [2.45, 2.75) is 0 Å². The Labute approximate surface area is 147 Å². The standard InChI is InChI=1S/C18H12N2O6/c1-26-18(23)12-4-6-13(7-5-12)19-16(21)10-15(17(19)22)11-2-8-14(9-3-11)20(24)25/h2-10H,1H3. The summed E-state index contributed by atoms with van der Waals surface area (Å²) in [5.74, 6) is -1.61. The molecule has 0 unspecified atom stereocenters. The molecule has 0 saturated carbocycles. The highest BCUT2D eigenvalue weighted by Gasteiger charge is 2.33. The highest BCUT2D eigenvalue weighted by molar-refractivity contribution is 6.43. The zero-order valence-electron chi connectivity index (χ0n) is 13.5. The Balaban J connectivity index is 1.87. The molecule has 0 aliphatic carbocycles. The van der Waals surface area contributed by atoms with Gasteiger partial charge in [-0.15, -0.1) is 0 Å². The number of nitrogens with zero attached hydrogens (tertiary/aromatic N) is 2. The van der Waals surface area contributed by atoms with Crippen molar-refractivity contribution < 1.29 is 24.0 Å². The maximum Gasteiger partial charge on any atom is 0.337 e. The maximum absolute atomic E-state index is 12.6. The van der Waals surface area contributed by atoms with Crippen LogP contribution in [0, 0.1) is 10.1 Å². The fourth-order valence-corrected chi connectivity index (χ4v) is 2.55. The molecule has 130 valence electrons. The number of benzene rings is 2. The number of methoxy groups -OCH3 is 1. The van der Waals surface area contributed by atoms with Crippen LogP contribution in [0.3, 0.4) is 0 Å². The average Bonchev–Trinajstić information content (AvgIpc) is 2.95. The Kier molecular flexibility index (Phi) is 4.32. The Morgan fingerprint density at radius 1 is 1.04 bits per heavy atom. The zero-order valence-corrected chi connectivity index (χ0v) is 13.5. The minimum atomic E-state index is -0.547. The lowest BCUT2D eigenvalue weighted by Crippen LogP contribution is -2.30. The number of hydrogen-bond donors (Lipinski definition) is 0. The van der Waals surface area contributed by atoms with Crippen LogP contribution in [0.2, 0.25) is 0 Å². The Morgan fingerprint density at radius 2 is 1.65 bits per heavy atom. The van der Waals surface area contributed by atoms with Crippen molar-refractivity contribution in [3.05, 3.63) is 75.8 Å². The highest BCUT2D eigenvalue weighted by Crippen LogP contribution is 2.29. The first-order valence-corrected chi connectivity index (χ1v) is 7.45. The van der Waals surface area contributed by atoms with E-state index in [1.54, 1.807) is 0 Å². The van der Waals surface area contributed by atoms with Crippen molar-refractivity contribution in [2.75, 3.05) is 12.0 Å². The van der Waals surface area contributed by atoms with Crippen molar-refractivity contribution in [3.8, 4) is 0 Å². The van der Waals surface area contributed by atoms with E-state index in [-0.39, 0.29) is 11.3 Å². The first-order chi connectivity index (χ1) is 12.4. The van der Waals surface area contributed by atoms with Crippen molar-refractivity contribution in [3.63, 3.8) is 0 Å². The van der Waals surface area contributed by atoms with Crippen LogP contribution in [-0.2, 0) is 14.3 Å². The lowest BCUT2D eigenvalue weighted by molar-refractivity contribution is -0.384. The van der Waals surface area contributed by atoms with Crippen molar-refractivity contribution in [2.24, 2.45) is 0 Å². The number of nitro benzene ring substituents is 1. The first kappa shape index (κ1) is 17.0. The van der Waals surface area contributed by atoms with Gasteiger partial charge in [0.15, 0.2) is 0 Å². The molecule has 1 aliphatic rings. The maximum atomic E-state index is 12.6. The molecule has 0 spiro atoms. The minimum absolute atomic E-state index is 0.110. The summed E-state index contributed by atoms with van der Waals surface area (Å²) in [7, 11) is 1.25. The van der Waals surface area contributed by atoms with Gasteiger partial charge < -0.3 is 4.74 Å². The Bertz CT molecular complexity index is 945. The molecule has 8 heteroatoms. The molecule has 0 saturated heterocycles. The van der Waals surface area contributed by atoms with Gasteiger partial charge in [0, 0.05) is 18.2 Å². The van der Waals surface area contributed by atoms with Crippen LogP contribution < -0.4 is 4.90 Å². The van der Waals surface area contributed by atoms with E-state index in [9.17, 15) is 24.5 Å². The number of amides is 2. The number of esters is 1. The van der Waals surface area contributed by atoms with Gasteiger partial charge in [-0.1, -0.05) is 0 Å². The van der Waals surface area contributed by atoms with Gasteiger partial charge in [-0.05, 0) is 42.0 Å². The molecule has 2 aromatic carbocycles. The normalized spacial score (nSPS) is 13.6. The fourth-order valence-electron chi connectivity index (χ4n) is 2.55. The molecule has 8 nitrogen and oxygen atoms in total. The molecule has 2 amide bonds. The monoisotopic (exact) mass is 352 g/mol. The summed E-state index contributed by atoms with van der Waals surface area (Å²) >= 11 is 0. The second-order valence-electron chi connectivity index (χ2n) is 5.38.